The van der Waals surface area contributed by atoms with Gasteiger partial charge in [-0.3, -0.25) is 9.59 Å². The average Bonchev–Trinajstić information content (AvgIpc) is 2.86. The molecule has 1 aromatic carbocycles. The monoisotopic (exact) mass is 277 g/mol. The Kier molecular flexibility index (Phi) is 4.61. The number of benzene rings is 1. The number of para-hydroxylation sites is 1. The zero-order valence-corrected chi connectivity index (χ0v) is 11.2. The number of carbonyl (C=O) groups is 2. The van der Waals surface area contributed by atoms with E-state index in [-0.39, 0.29) is 24.1 Å². The van der Waals surface area contributed by atoms with E-state index in [1.807, 2.05) is 6.07 Å². The Morgan fingerprint density at radius 2 is 2.00 bits per heavy atom. The molecule has 2 atom stereocenters. The van der Waals surface area contributed by atoms with Gasteiger partial charge in [0.25, 0.3) is 0 Å². The predicted octanol–water partition coefficient (Wildman–Crippen LogP) is 1.69. The molecule has 108 valence electrons. The largest absolute Gasteiger partial charge is 0.508 e. The van der Waals surface area contributed by atoms with Crippen LogP contribution in [0.4, 0.5) is 0 Å². The topological polar surface area (TPSA) is 86.6 Å². The van der Waals surface area contributed by atoms with Crippen molar-refractivity contribution in [2.24, 2.45) is 5.92 Å². The number of carbonyl (C=O) groups excluding carboxylic acids is 1. The van der Waals surface area contributed by atoms with Crippen LogP contribution in [-0.2, 0) is 16.0 Å². The third-order valence-electron chi connectivity index (χ3n) is 3.79. The zero-order chi connectivity index (χ0) is 14.5. The molecular weight excluding hydrogens is 258 g/mol. The van der Waals surface area contributed by atoms with Gasteiger partial charge in [-0.1, -0.05) is 24.6 Å². The molecule has 0 aliphatic heterocycles. The highest BCUT2D eigenvalue weighted by molar-refractivity contribution is 5.78. The molecule has 5 nitrogen and oxygen atoms in total. The van der Waals surface area contributed by atoms with E-state index in [0.29, 0.717) is 12.8 Å². The van der Waals surface area contributed by atoms with E-state index in [9.17, 15) is 14.7 Å². The summed E-state index contributed by atoms with van der Waals surface area (Å²) in [5, 5.41) is 21.5. The van der Waals surface area contributed by atoms with E-state index < -0.39 is 11.9 Å². The van der Waals surface area contributed by atoms with Crippen molar-refractivity contribution >= 4 is 11.9 Å². The molecule has 1 saturated carbocycles. The molecule has 5 heteroatoms. The first-order valence-corrected chi connectivity index (χ1v) is 6.87. The minimum absolute atomic E-state index is 0.161. The quantitative estimate of drug-likeness (QED) is 0.764. The van der Waals surface area contributed by atoms with Gasteiger partial charge < -0.3 is 15.5 Å². The van der Waals surface area contributed by atoms with Crippen LogP contribution in [0.15, 0.2) is 24.3 Å². The van der Waals surface area contributed by atoms with Gasteiger partial charge in [0.2, 0.25) is 5.91 Å². The first-order chi connectivity index (χ1) is 9.58. The van der Waals surface area contributed by atoms with Crippen LogP contribution >= 0.6 is 0 Å². The Morgan fingerprint density at radius 1 is 1.25 bits per heavy atom. The molecule has 1 aliphatic rings. The number of aromatic hydroxyl groups is 1. The van der Waals surface area contributed by atoms with Crippen LogP contribution < -0.4 is 5.32 Å². The number of hydrogen-bond donors (Lipinski definition) is 3. The molecule has 0 heterocycles. The Hall–Kier alpha value is -2.04. The molecule has 1 aliphatic carbocycles. The van der Waals surface area contributed by atoms with Crippen molar-refractivity contribution in [3.05, 3.63) is 29.8 Å². The highest BCUT2D eigenvalue weighted by Gasteiger charge is 2.33. The molecule has 2 rings (SSSR count). The van der Waals surface area contributed by atoms with Gasteiger partial charge in [-0.2, -0.15) is 0 Å². The van der Waals surface area contributed by atoms with Crippen molar-refractivity contribution in [1.82, 2.24) is 5.32 Å². The summed E-state index contributed by atoms with van der Waals surface area (Å²) in [4.78, 5) is 22.9. The normalized spacial score (nSPS) is 21.6. The Balaban J connectivity index is 1.84. The molecule has 0 saturated heterocycles. The molecule has 20 heavy (non-hydrogen) atoms. The van der Waals surface area contributed by atoms with Crippen molar-refractivity contribution in [2.75, 3.05) is 0 Å². The first kappa shape index (κ1) is 14.4. The summed E-state index contributed by atoms with van der Waals surface area (Å²) in [6.07, 6.45) is 2.88. The summed E-state index contributed by atoms with van der Waals surface area (Å²) >= 11 is 0. The molecule has 1 aromatic rings. The van der Waals surface area contributed by atoms with Gasteiger partial charge in [0.15, 0.2) is 0 Å². The minimum Gasteiger partial charge on any atom is -0.508 e. The van der Waals surface area contributed by atoms with Crippen molar-refractivity contribution < 1.29 is 19.8 Å². The Bertz CT molecular complexity index is 500. The van der Waals surface area contributed by atoms with Gasteiger partial charge in [0, 0.05) is 12.5 Å². The van der Waals surface area contributed by atoms with E-state index in [4.69, 9.17) is 5.11 Å². The van der Waals surface area contributed by atoms with Gasteiger partial charge in [-0.05, 0) is 30.9 Å². The fourth-order valence-corrected chi connectivity index (χ4v) is 2.68. The summed E-state index contributed by atoms with van der Waals surface area (Å²) in [5.41, 5.74) is 0.726. The van der Waals surface area contributed by atoms with Crippen molar-refractivity contribution in [3.8, 4) is 5.75 Å². The highest BCUT2D eigenvalue weighted by Crippen LogP contribution is 2.26. The number of rotatable bonds is 5. The van der Waals surface area contributed by atoms with Crippen molar-refractivity contribution in [2.45, 2.75) is 38.1 Å². The van der Waals surface area contributed by atoms with Crippen LogP contribution in [-0.4, -0.2) is 28.1 Å². The first-order valence-electron chi connectivity index (χ1n) is 6.87. The number of phenols is 1. The maximum atomic E-state index is 11.9. The SMILES string of the molecule is O=C(CCc1ccccc1O)NC1CCCC1C(=O)O. The maximum absolute atomic E-state index is 11.9. The molecule has 0 radical (unpaired) electrons. The van der Waals surface area contributed by atoms with E-state index in [1.54, 1.807) is 18.2 Å². The van der Waals surface area contributed by atoms with Crippen LogP contribution in [0.5, 0.6) is 5.75 Å². The predicted molar refractivity (Wildman–Crippen MR) is 73.3 cm³/mol. The van der Waals surface area contributed by atoms with Crippen LogP contribution in [0.1, 0.15) is 31.2 Å². The van der Waals surface area contributed by atoms with E-state index in [0.717, 1.165) is 18.4 Å². The summed E-state index contributed by atoms with van der Waals surface area (Å²) in [6, 6.07) is 6.65. The molecule has 3 N–H and O–H groups in total. The van der Waals surface area contributed by atoms with Gasteiger partial charge >= 0.3 is 5.97 Å². The van der Waals surface area contributed by atoms with Gasteiger partial charge in [0.05, 0.1) is 5.92 Å². The Labute approximate surface area is 117 Å². The zero-order valence-electron chi connectivity index (χ0n) is 11.2. The second-order valence-corrected chi connectivity index (χ2v) is 5.18. The molecule has 2 unspecified atom stereocenters. The molecule has 1 fully saturated rings. The van der Waals surface area contributed by atoms with Crippen molar-refractivity contribution in [3.63, 3.8) is 0 Å². The average molecular weight is 277 g/mol. The summed E-state index contributed by atoms with van der Waals surface area (Å²) in [7, 11) is 0. The third kappa shape index (κ3) is 3.50. The smallest absolute Gasteiger partial charge is 0.308 e. The lowest BCUT2D eigenvalue weighted by Gasteiger charge is -2.17. The maximum Gasteiger partial charge on any atom is 0.308 e. The summed E-state index contributed by atoms with van der Waals surface area (Å²) < 4.78 is 0. The molecular formula is C15H19NO4. The lowest BCUT2D eigenvalue weighted by atomic mass is 10.0. The number of hydrogen-bond acceptors (Lipinski definition) is 3. The summed E-state index contributed by atoms with van der Waals surface area (Å²) in [6.45, 7) is 0. The number of carboxylic acids is 1. The molecule has 0 aromatic heterocycles. The number of aryl methyl sites for hydroxylation is 1. The second kappa shape index (κ2) is 6.41. The molecule has 0 bridgehead atoms. The highest BCUT2D eigenvalue weighted by atomic mass is 16.4. The lowest BCUT2D eigenvalue weighted by molar-refractivity contribution is -0.142. The number of carboxylic acid groups (broad SMARTS) is 1. The fourth-order valence-electron chi connectivity index (χ4n) is 2.68. The van der Waals surface area contributed by atoms with Crippen LogP contribution in [0.3, 0.4) is 0 Å². The third-order valence-corrected chi connectivity index (χ3v) is 3.79. The standard InChI is InChI=1S/C15H19NO4/c17-13-7-2-1-4-10(13)8-9-14(18)16-12-6-3-5-11(12)15(19)20/h1-2,4,7,11-12,17H,3,5-6,8-9H2,(H,16,18)(H,19,20). The number of aliphatic carboxylic acids is 1. The number of nitrogens with one attached hydrogen (secondary N) is 1. The van der Waals surface area contributed by atoms with Crippen molar-refractivity contribution in [1.29, 1.82) is 0 Å². The van der Waals surface area contributed by atoms with E-state index in [1.165, 1.54) is 0 Å². The Morgan fingerprint density at radius 3 is 2.70 bits per heavy atom. The molecule has 1 amide bonds. The number of phenolic OH excluding ortho intramolecular Hbond substituents is 1. The van der Waals surface area contributed by atoms with E-state index >= 15 is 0 Å². The number of amides is 1. The lowest BCUT2D eigenvalue weighted by Crippen LogP contribution is -2.40. The van der Waals surface area contributed by atoms with Gasteiger partial charge in [-0.15, -0.1) is 0 Å². The van der Waals surface area contributed by atoms with Crippen LogP contribution in [0.25, 0.3) is 0 Å². The van der Waals surface area contributed by atoms with E-state index in [2.05, 4.69) is 5.32 Å². The fraction of sp³-hybridized carbons (Fsp3) is 0.467. The van der Waals surface area contributed by atoms with Gasteiger partial charge in [0.1, 0.15) is 5.75 Å². The molecule has 0 spiro atoms. The van der Waals surface area contributed by atoms with Crippen LogP contribution in [0, 0.1) is 5.92 Å². The van der Waals surface area contributed by atoms with Crippen LogP contribution in [0.2, 0.25) is 0 Å². The summed E-state index contributed by atoms with van der Waals surface area (Å²) in [5.74, 6) is -1.28. The van der Waals surface area contributed by atoms with Gasteiger partial charge in [-0.25, -0.2) is 0 Å². The minimum atomic E-state index is -0.839. The second-order valence-electron chi connectivity index (χ2n) is 5.18.